The second-order valence-corrected chi connectivity index (χ2v) is 11.3. The van der Waals surface area contributed by atoms with E-state index in [-0.39, 0.29) is 0 Å². The monoisotopic (exact) mass is 236 g/mol. The van der Waals surface area contributed by atoms with E-state index in [1.807, 2.05) is 30.3 Å². The highest BCUT2D eigenvalue weighted by Gasteiger charge is 2.59. The van der Waals surface area contributed by atoms with Gasteiger partial charge < -0.3 is 9.84 Å². The van der Waals surface area contributed by atoms with Crippen LogP contribution in [0.5, 0.6) is 5.75 Å². The van der Waals surface area contributed by atoms with Gasteiger partial charge in [-0.05, 0) is 24.1 Å². The van der Waals surface area contributed by atoms with Gasteiger partial charge in [-0.2, -0.15) is 0 Å². The first-order valence-electron chi connectivity index (χ1n) is 5.82. The van der Waals surface area contributed by atoms with Gasteiger partial charge in [-0.25, -0.2) is 0 Å². The Bertz CT molecular complexity index is 358. The quantitative estimate of drug-likeness (QED) is 0.815. The molecule has 1 N–H and O–H groups in total. The van der Waals surface area contributed by atoms with Gasteiger partial charge in [0.1, 0.15) is 12.4 Å². The third-order valence-corrected chi connectivity index (χ3v) is 6.16. The summed E-state index contributed by atoms with van der Waals surface area (Å²) in [7, 11) is -1.23. The molecule has 2 nitrogen and oxygen atoms in total. The summed E-state index contributed by atoms with van der Waals surface area (Å²) < 4.78 is 5.63. The molecular weight excluding hydrogens is 216 g/mol. The van der Waals surface area contributed by atoms with Crippen molar-refractivity contribution in [1.82, 2.24) is 0 Å². The molecule has 0 amide bonds. The van der Waals surface area contributed by atoms with Gasteiger partial charge >= 0.3 is 0 Å². The molecule has 0 spiro atoms. The first-order chi connectivity index (χ1) is 7.42. The molecule has 2 atom stereocenters. The fourth-order valence-corrected chi connectivity index (χ4v) is 4.95. The van der Waals surface area contributed by atoms with E-state index in [2.05, 4.69) is 19.6 Å². The van der Waals surface area contributed by atoms with Crippen molar-refractivity contribution in [3.8, 4) is 5.75 Å². The second-order valence-electron chi connectivity index (χ2n) is 5.83. The van der Waals surface area contributed by atoms with Gasteiger partial charge in [-0.3, -0.25) is 0 Å². The third kappa shape index (κ3) is 2.47. The average Bonchev–Trinajstić information content (AvgIpc) is 2.90. The molecule has 1 saturated carbocycles. The van der Waals surface area contributed by atoms with Gasteiger partial charge in [-0.1, -0.05) is 37.8 Å². The third-order valence-electron chi connectivity index (χ3n) is 3.32. The molecule has 0 heterocycles. The van der Waals surface area contributed by atoms with Crippen LogP contribution in [-0.2, 0) is 0 Å². The number of aliphatic hydroxyl groups is 1. The Hall–Kier alpha value is -0.803. The summed E-state index contributed by atoms with van der Waals surface area (Å²) in [5.74, 6) is 0.845. The zero-order valence-corrected chi connectivity index (χ0v) is 11.2. The van der Waals surface area contributed by atoms with Gasteiger partial charge in [0.25, 0.3) is 0 Å². The predicted octanol–water partition coefficient (Wildman–Crippen LogP) is 2.91. The lowest BCUT2D eigenvalue weighted by Crippen LogP contribution is -2.30. The molecule has 0 bridgehead atoms. The van der Waals surface area contributed by atoms with Crippen molar-refractivity contribution in [3.05, 3.63) is 30.3 Å². The lowest BCUT2D eigenvalue weighted by Gasteiger charge is -2.19. The van der Waals surface area contributed by atoms with E-state index in [4.69, 9.17) is 4.74 Å². The summed E-state index contributed by atoms with van der Waals surface area (Å²) in [6.07, 6.45) is 0.912. The standard InChI is InChI=1S/C13H20O2Si/c1-16(2,3)12-9-13(12,14)10-15-11-7-5-4-6-8-11/h4-8,12,14H,9-10H2,1-3H3/t12-,13+/m1/s1. The maximum absolute atomic E-state index is 10.3. The first kappa shape index (κ1) is 11.7. The highest BCUT2D eigenvalue weighted by Crippen LogP contribution is 2.55. The van der Waals surface area contributed by atoms with Crippen LogP contribution in [0.1, 0.15) is 6.42 Å². The van der Waals surface area contributed by atoms with Crippen molar-refractivity contribution >= 4 is 8.07 Å². The van der Waals surface area contributed by atoms with Gasteiger partial charge in [0.2, 0.25) is 0 Å². The van der Waals surface area contributed by atoms with Crippen molar-refractivity contribution in [3.63, 3.8) is 0 Å². The van der Waals surface area contributed by atoms with E-state index < -0.39 is 13.7 Å². The number of hydrogen-bond donors (Lipinski definition) is 1. The molecule has 16 heavy (non-hydrogen) atoms. The van der Waals surface area contributed by atoms with E-state index in [1.54, 1.807) is 0 Å². The molecule has 3 heteroatoms. The van der Waals surface area contributed by atoms with Crippen LogP contribution in [0.3, 0.4) is 0 Å². The Balaban J connectivity index is 1.89. The van der Waals surface area contributed by atoms with E-state index in [0.717, 1.165) is 12.2 Å². The number of benzene rings is 1. The summed E-state index contributed by atoms with van der Waals surface area (Å²) in [5.41, 5.74) is -0.0657. The molecule has 0 unspecified atom stereocenters. The number of hydrogen-bond acceptors (Lipinski definition) is 2. The Morgan fingerprint density at radius 2 is 1.94 bits per heavy atom. The highest BCUT2D eigenvalue weighted by molar-refractivity contribution is 6.78. The van der Waals surface area contributed by atoms with Crippen LogP contribution in [0.4, 0.5) is 0 Å². The van der Waals surface area contributed by atoms with Crippen LogP contribution in [0, 0.1) is 0 Å². The summed E-state index contributed by atoms with van der Waals surface area (Å²) in [4.78, 5) is 0. The van der Waals surface area contributed by atoms with E-state index in [9.17, 15) is 5.11 Å². The average molecular weight is 236 g/mol. The Kier molecular flexibility index (Phi) is 2.84. The Morgan fingerprint density at radius 1 is 1.31 bits per heavy atom. The van der Waals surface area contributed by atoms with Crippen molar-refractivity contribution in [2.75, 3.05) is 6.61 Å². The molecule has 88 valence electrons. The zero-order chi connectivity index (χ0) is 11.8. The number of ether oxygens (including phenoxy) is 1. The molecule has 0 saturated heterocycles. The SMILES string of the molecule is C[Si](C)(C)[C@@H]1C[C@]1(O)COc1ccccc1. The Labute approximate surface area is 98.3 Å². The molecular formula is C13H20O2Si. The first-order valence-corrected chi connectivity index (χ1v) is 9.40. The second kappa shape index (κ2) is 3.89. The van der Waals surface area contributed by atoms with Crippen LogP contribution in [0.2, 0.25) is 25.2 Å². The molecule has 1 aliphatic carbocycles. The molecule has 2 rings (SSSR count). The zero-order valence-electron chi connectivity index (χ0n) is 10.2. The molecule has 0 radical (unpaired) electrons. The van der Waals surface area contributed by atoms with Gasteiger partial charge in [0.15, 0.2) is 0 Å². The van der Waals surface area contributed by atoms with Crippen LogP contribution in [0.25, 0.3) is 0 Å². The Morgan fingerprint density at radius 3 is 2.44 bits per heavy atom. The minimum absolute atomic E-state index is 0.436. The highest BCUT2D eigenvalue weighted by atomic mass is 28.3. The topological polar surface area (TPSA) is 29.5 Å². The van der Waals surface area contributed by atoms with Crippen molar-refractivity contribution in [2.24, 2.45) is 0 Å². The lowest BCUT2D eigenvalue weighted by molar-refractivity contribution is 0.0850. The molecule has 0 aromatic heterocycles. The minimum atomic E-state index is -1.23. The summed E-state index contributed by atoms with van der Waals surface area (Å²) in [6.45, 7) is 7.35. The fraction of sp³-hybridized carbons (Fsp3) is 0.538. The van der Waals surface area contributed by atoms with Crippen LogP contribution >= 0.6 is 0 Å². The van der Waals surface area contributed by atoms with Crippen molar-refractivity contribution < 1.29 is 9.84 Å². The van der Waals surface area contributed by atoms with Crippen molar-refractivity contribution in [1.29, 1.82) is 0 Å². The normalized spacial score (nSPS) is 28.9. The summed E-state index contributed by atoms with van der Waals surface area (Å²) in [6, 6.07) is 9.71. The largest absolute Gasteiger partial charge is 0.491 e. The number of para-hydroxylation sites is 1. The molecule has 1 fully saturated rings. The maximum Gasteiger partial charge on any atom is 0.119 e. The fourth-order valence-electron chi connectivity index (χ4n) is 2.29. The minimum Gasteiger partial charge on any atom is -0.491 e. The smallest absolute Gasteiger partial charge is 0.119 e. The summed E-state index contributed by atoms with van der Waals surface area (Å²) in [5, 5.41) is 10.3. The predicted molar refractivity (Wildman–Crippen MR) is 68.6 cm³/mol. The molecule has 0 aliphatic heterocycles. The van der Waals surface area contributed by atoms with Gasteiger partial charge in [0.05, 0.1) is 13.7 Å². The van der Waals surface area contributed by atoms with Crippen LogP contribution in [-0.4, -0.2) is 25.4 Å². The van der Waals surface area contributed by atoms with Gasteiger partial charge in [-0.15, -0.1) is 0 Å². The van der Waals surface area contributed by atoms with Crippen LogP contribution in [0.15, 0.2) is 30.3 Å². The summed E-state index contributed by atoms with van der Waals surface area (Å²) >= 11 is 0. The van der Waals surface area contributed by atoms with E-state index in [1.165, 1.54) is 0 Å². The molecule has 1 aromatic carbocycles. The molecule has 1 aromatic rings. The number of rotatable bonds is 4. The van der Waals surface area contributed by atoms with Gasteiger partial charge in [0, 0.05) is 0 Å². The maximum atomic E-state index is 10.3. The van der Waals surface area contributed by atoms with E-state index >= 15 is 0 Å². The lowest BCUT2D eigenvalue weighted by atomic mass is 10.3. The molecule has 1 aliphatic rings. The van der Waals surface area contributed by atoms with Crippen molar-refractivity contribution in [2.45, 2.75) is 37.2 Å². The van der Waals surface area contributed by atoms with Crippen LogP contribution < -0.4 is 4.74 Å². The van der Waals surface area contributed by atoms with E-state index in [0.29, 0.717) is 12.1 Å².